The van der Waals surface area contributed by atoms with Gasteiger partial charge in [0.2, 0.25) is 6.41 Å². The monoisotopic (exact) mass is 182 g/mol. The third-order valence-electron chi connectivity index (χ3n) is 2.54. The van der Waals surface area contributed by atoms with E-state index in [1.54, 1.807) is 0 Å². The molecule has 0 radical (unpaired) electrons. The molecule has 13 heavy (non-hydrogen) atoms. The van der Waals surface area contributed by atoms with Crippen LogP contribution in [0.1, 0.15) is 13.8 Å². The van der Waals surface area contributed by atoms with Gasteiger partial charge in [-0.05, 0) is 13.8 Å². The van der Waals surface area contributed by atoms with Gasteiger partial charge in [-0.15, -0.1) is 0 Å². The lowest BCUT2D eigenvalue weighted by Gasteiger charge is -2.35. The lowest BCUT2D eigenvalue weighted by atomic mass is 10.2. The van der Waals surface area contributed by atoms with Crippen molar-refractivity contribution in [3.8, 4) is 0 Å². The van der Waals surface area contributed by atoms with Crippen LogP contribution in [0.2, 0.25) is 0 Å². The Hall–Kier alpha value is -0.830. The molecule has 3 nitrogen and oxygen atoms in total. The maximum Gasteiger partial charge on any atom is 0.209 e. The second-order valence-corrected chi connectivity index (χ2v) is 3.44. The van der Waals surface area contributed by atoms with E-state index < -0.39 is 0 Å². The van der Waals surface area contributed by atoms with Crippen LogP contribution in [0, 0.1) is 0 Å². The summed E-state index contributed by atoms with van der Waals surface area (Å²) in [5.41, 5.74) is 0. The molecule has 1 atom stereocenters. The summed E-state index contributed by atoms with van der Waals surface area (Å²) in [7, 11) is 0. The first-order chi connectivity index (χ1) is 6.27. The van der Waals surface area contributed by atoms with Crippen LogP contribution in [0.25, 0.3) is 0 Å². The Balaban J connectivity index is 2.35. The fraction of sp³-hybridized carbons (Fsp3) is 0.700. The molecule has 1 unspecified atom stereocenters. The highest BCUT2D eigenvalue weighted by atomic mass is 16.1. The minimum atomic E-state index is 0.499. The molecule has 1 amide bonds. The van der Waals surface area contributed by atoms with Crippen LogP contribution in [0.15, 0.2) is 12.2 Å². The Morgan fingerprint density at radius 2 is 1.85 bits per heavy atom. The maximum atomic E-state index is 10.5. The number of amides is 1. The van der Waals surface area contributed by atoms with E-state index in [9.17, 15) is 4.79 Å². The molecule has 1 aliphatic heterocycles. The predicted molar refractivity (Wildman–Crippen MR) is 53.5 cm³/mol. The largest absolute Gasteiger partial charge is 0.343 e. The van der Waals surface area contributed by atoms with Crippen LogP contribution in [0.5, 0.6) is 0 Å². The maximum absolute atomic E-state index is 10.5. The highest BCUT2D eigenvalue weighted by Gasteiger charge is 2.17. The van der Waals surface area contributed by atoms with Gasteiger partial charge in [0.25, 0.3) is 0 Å². The van der Waals surface area contributed by atoms with Crippen LogP contribution >= 0.6 is 0 Å². The van der Waals surface area contributed by atoms with Crippen molar-refractivity contribution in [3.63, 3.8) is 0 Å². The van der Waals surface area contributed by atoms with Gasteiger partial charge in [0.15, 0.2) is 0 Å². The zero-order valence-electron chi connectivity index (χ0n) is 8.44. The van der Waals surface area contributed by atoms with Crippen molar-refractivity contribution >= 4 is 6.41 Å². The van der Waals surface area contributed by atoms with Crippen LogP contribution in [0.4, 0.5) is 0 Å². The average Bonchev–Trinajstić information content (AvgIpc) is 2.18. The molecule has 1 fully saturated rings. The number of rotatable bonds is 3. The van der Waals surface area contributed by atoms with Gasteiger partial charge in [-0.25, -0.2) is 0 Å². The molecular formula is C10H18N2O. The summed E-state index contributed by atoms with van der Waals surface area (Å²) in [5, 5.41) is 0. The van der Waals surface area contributed by atoms with E-state index in [0.29, 0.717) is 6.04 Å². The number of hydrogen-bond acceptors (Lipinski definition) is 2. The Kier molecular flexibility index (Phi) is 3.96. The number of allylic oxidation sites excluding steroid dienone is 1. The topological polar surface area (TPSA) is 23.6 Å². The highest BCUT2D eigenvalue weighted by molar-refractivity contribution is 5.47. The minimum absolute atomic E-state index is 0.499. The number of carbonyl (C=O) groups excluding carboxylic acids is 1. The second kappa shape index (κ2) is 5.02. The Morgan fingerprint density at radius 1 is 1.23 bits per heavy atom. The predicted octanol–water partition coefficient (Wildman–Crippen LogP) is 0.725. The van der Waals surface area contributed by atoms with E-state index in [-0.39, 0.29) is 0 Å². The molecule has 1 rings (SSSR count). The van der Waals surface area contributed by atoms with Crippen molar-refractivity contribution in [2.24, 2.45) is 0 Å². The lowest BCUT2D eigenvalue weighted by molar-refractivity contribution is -0.119. The summed E-state index contributed by atoms with van der Waals surface area (Å²) in [6, 6.07) is 0.499. The first-order valence-corrected chi connectivity index (χ1v) is 4.84. The smallest absolute Gasteiger partial charge is 0.209 e. The van der Waals surface area contributed by atoms with E-state index >= 15 is 0 Å². The molecule has 1 heterocycles. The lowest BCUT2D eigenvalue weighted by Crippen LogP contribution is -2.48. The second-order valence-electron chi connectivity index (χ2n) is 3.44. The van der Waals surface area contributed by atoms with E-state index in [1.807, 2.05) is 11.8 Å². The van der Waals surface area contributed by atoms with Gasteiger partial charge in [-0.2, -0.15) is 0 Å². The molecule has 3 heteroatoms. The van der Waals surface area contributed by atoms with E-state index in [0.717, 1.165) is 32.6 Å². The Labute approximate surface area is 80.0 Å². The van der Waals surface area contributed by atoms with Gasteiger partial charge in [0, 0.05) is 32.2 Å². The molecule has 0 N–H and O–H groups in total. The summed E-state index contributed by atoms with van der Waals surface area (Å²) in [6.07, 6.45) is 5.21. The van der Waals surface area contributed by atoms with Crippen molar-refractivity contribution in [1.82, 2.24) is 9.80 Å². The standard InChI is InChI=1S/C10H18N2O/c1-3-4-10(2)12-7-5-11(9-13)6-8-12/h3-4,9-10H,5-8H2,1-2H3/b4-3-. The van der Waals surface area contributed by atoms with Gasteiger partial charge in [-0.1, -0.05) is 12.2 Å². The molecule has 0 aromatic rings. The fourth-order valence-electron chi connectivity index (χ4n) is 1.65. The van der Waals surface area contributed by atoms with Crippen molar-refractivity contribution in [3.05, 3.63) is 12.2 Å². The molecule has 0 aromatic heterocycles. The first-order valence-electron chi connectivity index (χ1n) is 4.84. The minimum Gasteiger partial charge on any atom is -0.343 e. The summed E-state index contributed by atoms with van der Waals surface area (Å²) in [4.78, 5) is 14.7. The van der Waals surface area contributed by atoms with Crippen LogP contribution < -0.4 is 0 Å². The van der Waals surface area contributed by atoms with E-state index in [1.165, 1.54) is 0 Å². The summed E-state index contributed by atoms with van der Waals surface area (Å²) >= 11 is 0. The fourth-order valence-corrected chi connectivity index (χ4v) is 1.65. The van der Waals surface area contributed by atoms with Crippen LogP contribution in [-0.4, -0.2) is 48.4 Å². The van der Waals surface area contributed by atoms with Gasteiger partial charge >= 0.3 is 0 Å². The molecule has 74 valence electrons. The number of nitrogens with zero attached hydrogens (tertiary/aromatic N) is 2. The molecule has 0 aliphatic carbocycles. The van der Waals surface area contributed by atoms with E-state index in [2.05, 4.69) is 24.0 Å². The molecule has 0 bridgehead atoms. The first kappa shape index (κ1) is 10.3. The molecule has 0 saturated carbocycles. The van der Waals surface area contributed by atoms with Gasteiger partial charge in [-0.3, -0.25) is 9.69 Å². The number of piperazine rings is 1. The highest BCUT2D eigenvalue weighted by Crippen LogP contribution is 2.05. The molecule has 1 saturated heterocycles. The van der Waals surface area contributed by atoms with Crippen molar-refractivity contribution < 1.29 is 4.79 Å². The Morgan fingerprint density at radius 3 is 2.31 bits per heavy atom. The number of hydrogen-bond donors (Lipinski definition) is 0. The van der Waals surface area contributed by atoms with Crippen LogP contribution in [-0.2, 0) is 4.79 Å². The summed E-state index contributed by atoms with van der Waals surface area (Å²) in [6.45, 7) is 7.94. The average molecular weight is 182 g/mol. The van der Waals surface area contributed by atoms with Crippen LogP contribution in [0.3, 0.4) is 0 Å². The normalized spacial score (nSPS) is 22.2. The van der Waals surface area contributed by atoms with Gasteiger partial charge in [0.1, 0.15) is 0 Å². The zero-order valence-corrected chi connectivity index (χ0v) is 8.44. The zero-order chi connectivity index (χ0) is 9.68. The quantitative estimate of drug-likeness (QED) is 0.474. The third kappa shape index (κ3) is 2.84. The summed E-state index contributed by atoms with van der Waals surface area (Å²) in [5.74, 6) is 0. The van der Waals surface area contributed by atoms with E-state index in [4.69, 9.17) is 0 Å². The SMILES string of the molecule is C/C=C\C(C)N1CCN(C=O)CC1. The number of carbonyl (C=O) groups is 1. The van der Waals surface area contributed by atoms with Crippen molar-refractivity contribution in [2.45, 2.75) is 19.9 Å². The molecular weight excluding hydrogens is 164 g/mol. The molecule has 0 aromatic carbocycles. The molecule has 1 aliphatic rings. The van der Waals surface area contributed by atoms with Crippen molar-refractivity contribution in [2.75, 3.05) is 26.2 Å². The summed E-state index contributed by atoms with van der Waals surface area (Å²) < 4.78 is 0. The van der Waals surface area contributed by atoms with Crippen molar-refractivity contribution in [1.29, 1.82) is 0 Å². The Bertz CT molecular complexity index is 183. The third-order valence-corrected chi connectivity index (χ3v) is 2.54. The molecule has 0 spiro atoms. The van der Waals surface area contributed by atoms with Gasteiger partial charge < -0.3 is 4.90 Å². The van der Waals surface area contributed by atoms with Gasteiger partial charge in [0.05, 0.1) is 0 Å².